The van der Waals surface area contributed by atoms with Gasteiger partial charge in [-0.15, -0.1) is 0 Å². The third-order valence-corrected chi connectivity index (χ3v) is 1.38. The SMILES string of the molecule is CC(=O)Oc1ccccc1N=C=S. The highest BCUT2D eigenvalue weighted by Gasteiger charge is 2.02. The normalized spacial score (nSPS) is 8.69. The fourth-order valence-electron chi connectivity index (χ4n) is 0.840. The fraction of sp³-hybridized carbons (Fsp3) is 0.111. The molecule has 0 amide bonds. The Labute approximate surface area is 81.1 Å². The molecule has 0 unspecified atom stereocenters. The van der Waals surface area contributed by atoms with Crippen molar-refractivity contribution in [1.29, 1.82) is 0 Å². The van der Waals surface area contributed by atoms with E-state index in [1.807, 2.05) is 0 Å². The lowest BCUT2D eigenvalue weighted by atomic mass is 10.3. The first-order valence-electron chi connectivity index (χ1n) is 3.59. The van der Waals surface area contributed by atoms with Crippen molar-refractivity contribution in [3.05, 3.63) is 24.3 Å². The van der Waals surface area contributed by atoms with Crippen LogP contribution in [0.2, 0.25) is 0 Å². The van der Waals surface area contributed by atoms with Gasteiger partial charge in [0, 0.05) is 6.92 Å². The van der Waals surface area contributed by atoms with Crippen LogP contribution in [0.5, 0.6) is 5.75 Å². The molecular formula is C9H7NO2S. The number of benzene rings is 1. The summed E-state index contributed by atoms with van der Waals surface area (Å²) in [5, 5.41) is 2.21. The number of aliphatic imine (C=N–C) groups is 1. The molecule has 0 atom stereocenters. The summed E-state index contributed by atoms with van der Waals surface area (Å²) in [6.45, 7) is 1.33. The molecule has 0 radical (unpaired) electrons. The van der Waals surface area contributed by atoms with Crippen molar-refractivity contribution in [3.63, 3.8) is 0 Å². The van der Waals surface area contributed by atoms with E-state index in [0.29, 0.717) is 11.4 Å². The summed E-state index contributed by atoms with van der Waals surface area (Å²) in [5.74, 6) is 0.0133. The van der Waals surface area contributed by atoms with E-state index >= 15 is 0 Å². The first-order valence-corrected chi connectivity index (χ1v) is 4.00. The average Bonchev–Trinajstić information content (AvgIpc) is 2.08. The quantitative estimate of drug-likeness (QED) is 0.313. The molecule has 1 aromatic rings. The van der Waals surface area contributed by atoms with Crippen molar-refractivity contribution in [2.45, 2.75) is 6.92 Å². The van der Waals surface area contributed by atoms with Crippen LogP contribution >= 0.6 is 12.2 Å². The smallest absolute Gasteiger partial charge is 0.308 e. The Kier molecular flexibility index (Phi) is 3.31. The van der Waals surface area contributed by atoms with Gasteiger partial charge in [-0.3, -0.25) is 4.79 Å². The molecule has 0 N–H and O–H groups in total. The molecule has 0 aliphatic heterocycles. The lowest BCUT2D eigenvalue weighted by Crippen LogP contribution is -2.01. The number of rotatable bonds is 2. The summed E-state index contributed by atoms with van der Waals surface area (Å²) in [7, 11) is 0. The van der Waals surface area contributed by atoms with Gasteiger partial charge in [-0.2, -0.15) is 4.99 Å². The zero-order valence-corrected chi connectivity index (χ0v) is 7.80. The van der Waals surface area contributed by atoms with Crippen LogP contribution in [-0.4, -0.2) is 11.1 Å². The highest BCUT2D eigenvalue weighted by atomic mass is 32.1. The number of carbonyl (C=O) groups excluding carboxylic acids is 1. The molecule has 0 aliphatic carbocycles. The van der Waals surface area contributed by atoms with Gasteiger partial charge >= 0.3 is 5.97 Å². The molecule has 0 bridgehead atoms. The molecule has 3 nitrogen and oxygen atoms in total. The molecule has 0 heterocycles. The molecular weight excluding hydrogens is 186 g/mol. The van der Waals surface area contributed by atoms with Crippen molar-refractivity contribution < 1.29 is 9.53 Å². The van der Waals surface area contributed by atoms with E-state index in [1.165, 1.54) is 6.92 Å². The zero-order chi connectivity index (χ0) is 9.68. The Hall–Kier alpha value is -1.51. The van der Waals surface area contributed by atoms with Crippen molar-refractivity contribution in [1.82, 2.24) is 0 Å². The molecule has 66 valence electrons. The molecule has 13 heavy (non-hydrogen) atoms. The van der Waals surface area contributed by atoms with Crippen molar-refractivity contribution in [2.75, 3.05) is 0 Å². The number of ether oxygens (including phenoxy) is 1. The molecule has 0 spiro atoms. The molecule has 0 saturated heterocycles. The van der Waals surface area contributed by atoms with Crippen LogP contribution in [0.1, 0.15) is 6.92 Å². The van der Waals surface area contributed by atoms with Gasteiger partial charge in [0.15, 0.2) is 5.75 Å². The summed E-state index contributed by atoms with van der Waals surface area (Å²) >= 11 is 4.45. The van der Waals surface area contributed by atoms with Crippen LogP contribution in [0.25, 0.3) is 0 Å². The maximum absolute atomic E-state index is 10.7. The van der Waals surface area contributed by atoms with Crippen LogP contribution in [0, 0.1) is 0 Å². The minimum absolute atomic E-state index is 0.382. The van der Waals surface area contributed by atoms with Crippen molar-refractivity contribution >= 4 is 29.0 Å². The minimum atomic E-state index is -0.382. The van der Waals surface area contributed by atoms with Gasteiger partial charge in [0.1, 0.15) is 5.69 Å². The van der Waals surface area contributed by atoms with E-state index in [4.69, 9.17) is 4.74 Å². The fourth-order valence-corrected chi connectivity index (χ4v) is 0.938. The van der Waals surface area contributed by atoms with Crippen LogP contribution < -0.4 is 4.74 Å². The Morgan fingerprint density at radius 1 is 1.54 bits per heavy atom. The average molecular weight is 193 g/mol. The number of esters is 1. The Balaban J connectivity index is 3.04. The number of para-hydroxylation sites is 2. The maximum Gasteiger partial charge on any atom is 0.308 e. The first-order chi connectivity index (χ1) is 6.24. The lowest BCUT2D eigenvalue weighted by molar-refractivity contribution is -0.131. The van der Waals surface area contributed by atoms with Crippen LogP contribution in [-0.2, 0) is 4.79 Å². The molecule has 4 heteroatoms. The predicted molar refractivity (Wildman–Crippen MR) is 52.4 cm³/mol. The van der Waals surface area contributed by atoms with E-state index in [0.717, 1.165) is 0 Å². The van der Waals surface area contributed by atoms with Crippen LogP contribution in [0.15, 0.2) is 29.3 Å². The highest BCUT2D eigenvalue weighted by molar-refractivity contribution is 7.78. The summed E-state index contributed by atoms with van der Waals surface area (Å²) in [5.41, 5.74) is 0.507. The third-order valence-electron chi connectivity index (χ3n) is 1.29. The van der Waals surface area contributed by atoms with Crippen LogP contribution in [0.4, 0.5) is 5.69 Å². The van der Waals surface area contributed by atoms with Gasteiger partial charge < -0.3 is 4.74 Å². The number of nitrogens with zero attached hydrogens (tertiary/aromatic N) is 1. The van der Waals surface area contributed by atoms with Gasteiger partial charge in [-0.1, -0.05) is 12.1 Å². The monoisotopic (exact) mass is 193 g/mol. The number of carbonyl (C=O) groups is 1. The van der Waals surface area contributed by atoms with Crippen LogP contribution in [0.3, 0.4) is 0 Å². The summed E-state index contributed by atoms with van der Waals surface area (Å²) in [6.07, 6.45) is 0. The highest BCUT2D eigenvalue weighted by Crippen LogP contribution is 2.26. The Morgan fingerprint density at radius 3 is 2.85 bits per heavy atom. The summed E-state index contributed by atoms with van der Waals surface area (Å²) in [6, 6.07) is 6.86. The predicted octanol–water partition coefficient (Wildman–Crippen LogP) is 2.35. The standard InChI is InChI=1S/C9H7NO2S/c1-7(11)12-9-5-3-2-4-8(9)10-6-13/h2-5H,1H3. The first kappa shape index (κ1) is 9.58. The second-order valence-corrected chi connectivity index (χ2v) is 2.45. The second-order valence-electron chi connectivity index (χ2n) is 2.26. The van der Waals surface area contributed by atoms with E-state index in [1.54, 1.807) is 24.3 Å². The number of hydrogen-bond donors (Lipinski definition) is 0. The number of hydrogen-bond acceptors (Lipinski definition) is 4. The Bertz CT molecular complexity index is 370. The number of thiocarbonyl (C=S) groups is 1. The van der Waals surface area contributed by atoms with Gasteiger partial charge in [-0.05, 0) is 24.4 Å². The molecule has 0 aliphatic rings. The van der Waals surface area contributed by atoms with Crippen molar-refractivity contribution in [3.8, 4) is 5.75 Å². The second kappa shape index (κ2) is 4.50. The van der Waals surface area contributed by atoms with Gasteiger partial charge in [0.2, 0.25) is 0 Å². The van der Waals surface area contributed by atoms with E-state index in [9.17, 15) is 4.79 Å². The third kappa shape index (κ3) is 2.78. The lowest BCUT2D eigenvalue weighted by Gasteiger charge is -2.02. The molecule has 1 aromatic carbocycles. The topological polar surface area (TPSA) is 38.7 Å². The van der Waals surface area contributed by atoms with Gasteiger partial charge in [-0.25, -0.2) is 0 Å². The number of isothiocyanates is 1. The largest absolute Gasteiger partial charge is 0.424 e. The minimum Gasteiger partial charge on any atom is -0.424 e. The van der Waals surface area contributed by atoms with Gasteiger partial charge in [0.05, 0.1) is 5.16 Å². The van der Waals surface area contributed by atoms with E-state index in [-0.39, 0.29) is 5.97 Å². The zero-order valence-electron chi connectivity index (χ0n) is 6.98. The molecule has 0 fully saturated rings. The Morgan fingerprint density at radius 2 is 2.23 bits per heavy atom. The molecule has 1 rings (SSSR count). The molecule has 0 saturated carbocycles. The molecule has 0 aromatic heterocycles. The van der Waals surface area contributed by atoms with E-state index in [2.05, 4.69) is 22.4 Å². The van der Waals surface area contributed by atoms with E-state index < -0.39 is 0 Å². The van der Waals surface area contributed by atoms with Crippen molar-refractivity contribution in [2.24, 2.45) is 4.99 Å². The van der Waals surface area contributed by atoms with Gasteiger partial charge in [0.25, 0.3) is 0 Å². The summed E-state index contributed by atoms with van der Waals surface area (Å²) < 4.78 is 4.88. The maximum atomic E-state index is 10.7. The summed E-state index contributed by atoms with van der Waals surface area (Å²) in [4.78, 5) is 14.4.